The lowest BCUT2D eigenvalue weighted by atomic mass is 9.86. The second kappa shape index (κ2) is 16.0. The molecular formula is C29H44N4O8S2. The van der Waals surface area contributed by atoms with E-state index in [1.165, 1.54) is 4.90 Å². The van der Waals surface area contributed by atoms with Crippen LogP contribution in [0.1, 0.15) is 38.4 Å². The van der Waals surface area contributed by atoms with E-state index in [0.29, 0.717) is 19.8 Å². The Labute approximate surface area is 258 Å². The maximum absolute atomic E-state index is 13.7. The van der Waals surface area contributed by atoms with Gasteiger partial charge in [0, 0.05) is 26.6 Å². The largest absolute Gasteiger partial charge is 0.391 e. The van der Waals surface area contributed by atoms with Crippen molar-refractivity contribution in [2.75, 3.05) is 52.4 Å². The molecule has 1 aliphatic heterocycles. The van der Waals surface area contributed by atoms with Gasteiger partial charge in [-0.2, -0.15) is 0 Å². The van der Waals surface area contributed by atoms with E-state index in [-0.39, 0.29) is 38.5 Å². The predicted molar refractivity (Wildman–Crippen MR) is 164 cm³/mol. The van der Waals surface area contributed by atoms with Gasteiger partial charge in [0.05, 0.1) is 61.0 Å². The second-order valence-corrected chi connectivity index (χ2v) is 14.3. The number of nitrogens with zero attached hydrogens (tertiary/aromatic N) is 2. The zero-order valence-electron chi connectivity index (χ0n) is 25.5. The zero-order valence-corrected chi connectivity index (χ0v) is 27.1. The van der Waals surface area contributed by atoms with Gasteiger partial charge in [0.15, 0.2) is 0 Å². The molecule has 1 fully saturated rings. The second-order valence-electron chi connectivity index (χ2n) is 11.5. The highest BCUT2D eigenvalue weighted by Gasteiger charge is 2.45. The van der Waals surface area contributed by atoms with Crippen LogP contribution in [0.3, 0.4) is 0 Å². The Morgan fingerprint density at radius 1 is 1.12 bits per heavy atom. The number of nitrogens with one attached hydrogen (secondary N) is 2. The van der Waals surface area contributed by atoms with Crippen molar-refractivity contribution in [3.05, 3.63) is 41.0 Å². The van der Waals surface area contributed by atoms with Crippen LogP contribution in [0.5, 0.6) is 0 Å². The number of rotatable bonds is 16. The Morgan fingerprint density at radius 2 is 1.77 bits per heavy atom. The lowest BCUT2D eigenvalue weighted by Gasteiger charge is -2.35. The molecule has 3 atom stereocenters. The van der Waals surface area contributed by atoms with E-state index in [2.05, 4.69) is 15.0 Å². The van der Waals surface area contributed by atoms with Gasteiger partial charge >= 0.3 is 0 Å². The summed E-state index contributed by atoms with van der Waals surface area (Å²) in [7, 11) is -2.34. The molecule has 2 amide bonds. The number of hydrogen-bond donors (Lipinski definition) is 3. The lowest BCUT2D eigenvalue weighted by molar-refractivity contribution is -0.141. The van der Waals surface area contributed by atoms with Gasteiger partial charge in [-0.1, -0.05) is 45.0 Å². The number of aryl methyl sites for hydroxylation is 1. The fourth-order valence-electron chi connectivity index (χ4n) is 4.60. The number of methoxy groups -OCH3 is 1. The van der Waals surface area contributed by atoms with Crippen LogP contribution in [0.4, 0.5) is 0 Å². The summed E-state index contributed by atoms with van der Waals surface area (Å²) in [4.78, 5) is 33.6. The van der Waals surface area contributed by atoms with Crippen LogP contribution in [-0.2, 0) is 40.4 Å². The molecular weight excluding hydrogens is 596 g/mol. The molecule has 2 aromatic rings. The van der Waals surface area contributed by atoms with E-state index >= 15 is 0 Å². The molecule has 0 aliphatic carbocycles. The molecule has 1 aromatic carbocycles. The molecule has 0 bridgehead atoms. The van der Waals surface area contributed by atoms with Crippen LogP contribution in [0, 0.1) is 12.3 Å². The summed E-state index contributed by atoms with van der Waals surface area (Å²) in [5.41, 5.74) is 3.86. The van der Waals surface area contributed by atoms with E-state index in [9.17, 15) is 23.1 Å². The molecule has 0 saturated carbocycles. The van der Waals surface area contributed by atoms with Crippen LogP contribution in [0.2, 0.25) is 0 Å². The first-order chi connectivity index (χ1) is 20.3. The monoisotopic (exact) mass is 640 g/mol. The Bertz CT molecular complexity index is 1290. The molecule has 240 valence electrons. The summed E-state index contributed by atoms with van der Waals surface area (Å²) in [5.74, 6) is -1.33. The van der Waals surface area contributed by atoms with Gasteiger partial charge in [-0.15, -0.1) is 11.3 Å². The summed E-state index contributed by atoms with van der Waals surface area (Å²) < 4.78 is 43.8. The Hall–Kier alpha value is -2.46. The third-order valence-corrected chi connectivity index (χ3v) is 9.28. The molecule has 1 aliphatic rings. The summed E-state index contributed by atoms with van der Waals surface area (Å²) in [5, 5.41) is 13.3. The minimum Gasteiger partial charge on any atom is -0.391 e. The average molecular weight is 641 g/mol. The van der Waals surface area contributed by atoms with Crippen molar-refractivity contribution in [3.8, 4) is 10.4 Å². The molecule has 0 unspecified atom stereocenters. The van der Waals surface area contributed by atoms with Crippen LogP contribution in [0.25, 0.3) is 10.4 Å². The smallest absolute Gasteiger partial charge is 0.243 e. The lowest BCUT2D eigenvalue weighted by Crippen LogP contribution is -2.58. The summed E-state index contributed by atoms with van der Waals surface area (Å²) in [6.07, 6.45) is -0.844. The number of hydrogen-bond acceptors (Lipinski definition) is 10. The Balaban J connectivity index is 1.58. The Morgan fingerprint density at radius 3 is 2.37 bits per heavy atom. The topological polar surface area (TPSA) is 156 Å². The standard InChI is InChI=1S/C29H44N4O8S2/c1-20-25(42-19-31-20)22-8-6-21(7-9-22)17-30-27(35)24-16-23(34)18-33(24)28(36)26(29(2,3)4)32-43(37,38)15-14-41-13-12-40-11-10-39-5/h6-9,19,23-24,26,32,34H,10-18H2,1-5H3,(H,30,35)/t23-,24+,26-/m1/s1. The molecule has 14 heteroatoms. The highest BCUT2D eigenvalue weighted by atomic mass is 32.2. The van der Waals surface area contributed by atoms with Crippen molar-refractivity contribution in [3.63, 3.8) is 0 Å². The maximum atomic E-state index is 13.7. The number of aromatic nitrogens is 1. The highest BCUT2D eigenvalue weighted by Crippen LogP contribution is 2.28. The number of aliphatic hydroxyl groups excluding tert-OH is 1. The zero-order chi connectivity index (χ0) is 31.6. The number of sulfonamides is 1. The molecule has 3 rings (SSSR count). The number of carbonyl (C=O) groups is 2. The van der Waals surface area contributed by atoms with Gasteiger partial charge < -0.3 is 29.5 Å². The molecule has 43 heavy (non-hydrogen) atoms. The third kappa shape index (κ3) is 10.6. The van der Waals surface area contributed by atoms with Gasteiger partial charge in [-0.25, -0.2) is 18.1 Å². The van der Waals surface area contributed by atoms with Crippen molar-refractivity contribution in [1.82, 2.24) is 19.9 Å². The maximum Gasteiger partial charge on any atom is 0.243 e. The van der Waals surface area contributed by atoms with E-state index in [1.54, 1.807) is 44.7 Å². The van der Waals surface area contributed by atoms with Crippen LogP contribution in [-0.4, -0.2) is 106 Å². The molecule has 1 aromatic heterocycles. The van der Waals surface area contributed by atoms with Crippen molar-refractivity contribution >= 4 is 33.2 Å². The number of amides is 2. The number of β-amino-alcohol motifs (C(OH)–C–C–N with tert-alkyl or cyclic N) is 1. The number of benzene rings is 1. The van der Waals surface area contributed by atoms with Gasteiger partial charge in [-0.3, -0.25) is 9.59 Å². The minimum atomic E-state index is -3.91. The van der Waals surface area contributed by atoms with Crippen molar-refractivity contribution < 1.29 is 37.3 Å². The van der Waals surface area contributed by atoms with Crippen LogP contribution < -0.4 is 10.0 Å². The van der Waals surface area contributed by atoms with Crippen LogP contribution in [0.15, 0.2) is 29.8 Å². The van der Waals surface area contributed by atoms with Crippen molar-refractivity contribution in [2.45, 2.75) is 58.8 Å². The average Bonchev–Trinajstić information content (AvgIpc) is 3.56. The first kappa shape index (κ1) is 35.0. The van der Waals surface area contributed by atoms with E-state index in [0.717, 1.165) is 21.7 Å². The number of likely N-dealkylation sites (tertiary alicyclic amines) is 1. The van der Waals surface area contributed by atoms with Gasteiger partial charge in [0.1, 0.15) is 12.1 Å². The van der Waals surface area contributed by atoms with Crippen molar-refractivity contribution in [1.29, 1.82) is 0 Å². The SMILES string of the molecule is COCCOCCOCCS(=O)(=O)N[C@H](C(=O)N1C[C@H](O)C[C@H]1C(=O)NCc1ccc(-c2scnc2C)cc1)C(C)(C)C. The fourth-order valence-corrected chi connectivity index (χ4v) is 6.68. The van der Waals surface area contributed by atoms with Gasteiger partial charge in [0.2, 0.25) is 21.8 Å². The fraction of sp³-hybridized carbons (Fsp3) is 0.621. The first-order valence-electron chi connectivity index (χ1n) is 14.2. The van der Waals surface area contributed by atoms with Gasteiger partial charge in [-0.05, 0) is 23.5 Å². The minimum absolute atomic E-state index is 0.0606. The van der Waals surface area contributed by atoms with Crippen LogP contribution >= 0.6 is 11.3 Å². The van der Waals surface area contributed by atoms with E-state index in [1.807, 2.05) is 31.2 Å². The van der Waals surface area contributed by atoms with E-state index in [4.69, 9.17) is 14.2 Å². The quantitative estimate of drug-likeness (QED) is 0.233. The molecule has 0 radical (unpaired) electrons. The first-order valence-corrected chi connectivity index (χ1v) is 16.8. The number of thiazole rings is 1. The third-order valence-electron chi connectivity index (χ3n) is 7.00. The molecule has 12 nitrogen and oxygen atoms in total. The van der Waals surface area contributed by atoms with Crippen molar-refractivity contribution in [2.24, 2.45) is 5.41 Å². The molecule has 0 spiro atoms. The number of carbonyl (C=O) groups excluding carboxylic acids is 2. The highest BCUT2D eigenvalue weighted by molar-refractivity contribution is 7.89. The Kier molecular flexibility index (Phi) is 13.1. The molecule has 3 N–H and O–H groups in total. The molecule has 1 saturated heterocycles. The number of ether oxygens (including phenoxy) is 3. The number of aliphatic hydroxyl groups is 1. The summed E-state index contributed by atoms with van der Waals surface area (Å²) in [6.45, 7) is 8.67. The normalized spacial score (nSPS) is 18.1. The summed E-state index contributed by atoms with van der Waals surface area (Å²) >= 11 is 1.56. The summed E-state index contributed by atoms with van der Waals surface area (Å²) in [6, 6.07) is 5.70. The molecule has 2 heterocycles. The van der Waals surface area contributed by atoms with Gasteiger partial charge in [0.25, 0.3) is 0 Å². The van der Waals surface area contributed by atoms with E-state index < -0.39 is 45.4 Å². The predicted octanol–water partition coefficient (Wildman–Crippen LogP) is 1.71.